The molecule has 1 aromatic rings. The first-order valence-electron chi connectivity index (χ1n) is 7.40. The number of unbranched alkanes of at least 4 members (excludes halogenated alkanes) is 1. The van der Waals surface area contributed by atoms with E-state index in [2.05, 4.69) is 28.5 Å². The molecule has 6 heteroatoms. The number of aliphatic imine (C=N–C) groups is 1. The number of guanidine groups is 1. The number of halogens is 1. The van der Waals surface area contributed by atoms with Crippen molar-refractivity contribution in [3.05, 3.63) is 36.3 Å². The number of nitrogens with one attached hydrogen (secondary N) is 2. The van der Waals surface area contributed by atoms with Crippen LogP contribution in [0.4, 0.5) is 0 Å². The fourth-order valence-corrected chi connectivity index (χ4v) is 2.22. The molecule has 0 radical (unpaired) electrons. The maximum absolute atomic E-state index is 5.32. The molecule has 0 saturated heterocycles. The van der Waals surface area contributed by atoms with Crippen molar-refractivity contribution in [3.63, 3.8) is 0 Å². The Morgan fingerprint density at radius 1 is 1.32 bits per heavy atom. The Hall–Kier alpha value is -0.630. The van der Waals surface area contributed by atoms with Crippen molar-refractivity contribution in [3.8, 4) is 0 Å². The number of rotatable bonds is 10. The highest BCUT2D eigenvalue weighted by atomic mass is 127. The van der Waals surface area contributed by atoms with Gasteiger partial charge < -0.3 is 15.1 Å². The molecule has 0 unspecified atom stereocenters. The number of furan rings is 1. The third-order valence-corrected chi connectivity index (χ3v) is 3.52. The van der Waals surface area contributed by atoms with Crippen molar-refractivity contribution < 1.29 is 4.42 Å². The van der Waals surface area contributed by atoms with Crippen molar-refractivity contribution in [2.75, 3.05) is 31.6 Å². The lowest BCUT2D eigenvalue weighted by atomic mass is 10.3. The van der Waals surface area contributed by atoms with E-state index in [0.29, 0.717) is 6.54 Å². The highest BCUT2D eigenvalue weighted by Crippen LogP contribution is 2.00. The van der Waals surface area contributed by atoms with Gasteiger partial charge >= 0.3 is 0 Å². The first-order valence-corrected chi connectivity index (χ1v) is 8.79. The summed E-state index contributed by atoms with van der Waals surface area (Å²) >= 11 is 1.89. The van der Waals surface area contributed by atoms with Gasteiger partial charge in [0.15, 0.2) is 5.96 Å². The molecule has 0 aliphatic rings. The van der Waals surface area contributed by atoms with Crippen LogP contribution in [0.15, 0.2) is 40.0 Å². The van der Waals surface area contributed by atoms with E-state index in [1.807, 2.05) is 30.8 Å². The zero-order valence-electron chi connectivity index (χ0n) is 13.6. The van der Waals surface area contributed by atoms with E-state index in [4.69, 9.17) is 4.42 Å². The standard InChI is InChI=1S/C16H27N3OS.HI/c1-14(2)13-19-16(17-9-4-5-12-21-3)18-10-8-15-7-6-11-20-15;/h6-7,11H,1,4-5,8-10,12-13H2,2-3H3,(H2,17,18,19);1H. The van der Waals surface area contributed by atoms with E-state index in [0.717, 1.165) is 43.2 Å². The van der Waals surface area contributed by atoms with Crippen molar-refractivity contribution in [1.29, 1.82) is 0 Å². The fraction of sp³-hybridized carbons (Fsp3) is 0.562. The topological polar surface area (TPSA) is 49.6 Å². The molecule has 0 bridgehead atoms. The van der Waals surface area contributed by atoms with Crippen LogP contribution in [0.1, 0.15) is 25.5 Å². The Balaban J connectivity index is 0.00000441. The molecule has 1 heterocycles. The molecule has 4 nitrogen and oxygen atoms in total. The molecule has 0 saturated carbocycles. The van der Waals surface area contributed by atoms with Crippen LogP contribution in [0.25, 0.3) is 0 Å². The van der Waals surface area contributed by atoms with Crippen molar-refractivity contribution in [2.45, 2.75) is 26.2 Å². The number of hydrogen-bond donors (Lipinski definition) is 2. The lowest BCUT2D eigenvalue weighted by Crippen LogP contribution is -2.39. The summed E-state index contributed by atoms with van der Waals surface area (Å²) in [6.07, 6.45) is 7.09. The fourth-order valence-electron chi connectivity index (χ4n) is 1.73. The van der Waals surface area contributed by atoms with Gasteiger partial charge in [-0.15, -0.1) is 24.0 Å². The number of thioether (sulfide) groups is 1. The summed E-state index contributed by atoms with van der Waals surface area (Å²) in [4.78, 5) is 4.52. The quantitative estimate of drug-likeness (QED) is 0.193. The van der Waals surface area contributed by atoms with Crippen LogP contribution in [-0.4, -0.2) is 37.6 Å². The molecule has 0 aliphatic heterocycles. The molecule has 0 fully saturated rings. The van der Waals surface area contributed by atoms with Gasteiger partial charge in [-0.3, -0.25) is 0 Å². The zero-order valence-corrected chi connectivity index (χ0v) is 16.7. The van der Waals surface area contributed by atoms with E-state index in [1.54, 1.807) is 6.26 Å². The largest absolute Gasteiger partial charge is 0.469 e. The second kappa shape index (κ2) is 14.0. The van der Waals surface area contributed by atoms with Crippen LogP contribution in [0.2, 0.25) is 0 Å². The summed E-state index contributed by atoms with van der Waals surface area (Å²) in [5.41, 5.74) is 1.06. The van der Waals surface area contributed by atoms with Gasteiger partial charge in [0.05, 0.1) is 12.8 Å². The molecule has 0 aliphatic carbocycles. The SMILES string of the molecule is C=C(C)CN=C(NCCCCSC)NCCc1ccco1.I. The van der Waals surface area contributed by atoms with Gasteiger partial charge in [0.1, 0.15) is 5.76 Å². The maximum Gasteiger partial charge on any atom is 0.191 e. The normalized spacial score (nSPS) is 10.9. The van der Waals surface area contributed by atoms with Crippen molar-refractivity contribution in [2.24, 2.45) is 4.99 Å². The minimum absolute atomic E-state index is 0. The smallest absolute Gasteiger partial charge is 0.191 e. The zero-order chi connectivity index (χ0) is 15.3. The van der Waals surface area contributed by atoms with E-state index in [1.165, 1.54) is 12.2 Å². The van der Waals surface area contributed by atoms with Gasteiger partial charge in [-0.05, 0) is 43.9 Å². The minimum Gasteiger partial charge on any atom is -0.469 e. The van der Waals surface area contributed by atoms with Crippen LogP contribution in [0.3, 0.4) is 0 Å². The van der Waals surface area contributed by atoms with Gasteiger partial charge in [0.2, 0.25) is 0 Å². The summed E-state index contributed by atoms with van der Waals surface area (Å²) in [6.45, 7) is 8.28. The Kier molecular flexibility index (Phi) is 13.6. The lowest BCUT2D eigenvalue weighted by molar-refractivity contribution is 0.506. The summed E-state index contributed by atoms with van der Waals surface area (Å²) in [7, 11) is 0. The average Bonchev–Trinajstić information content (AvgIpc) is 2.97. The molecule has 0 aromatic carbocycles. The van der Waals surface area contributed by atoms with Gasteiger partial charge in [-0.1, -0.05) is 12.2 Å². The first-order chi connectivity index (χ1) is 10.2. The molecule has 1 rings (SSSR count). The Bertz CT molecular complexity index is 421. The maximum atomic E-state index is 5.32. The monoisotopic (exact) mass is 437 g/mol. The predicted molar refractivity (Wildman–Crippen MR) is 109 cm³/mol. The number of hydrogen-bond acceptors (Lipinski definition) is 3. The Labute approximate surface area is 155 Å². The molecular weight excluding hydrogens is 409 g/mol. The first kappa shape index (κ1) is 21.4. The molecule has 0 atom stereocenters. The van der Waals surface area contributed by atoms with Gasteiger partial charge in [-0.25, -0.2) is 4.99 Å². The molecular formula is C16H28IN3OS. The van der Waals surface area contributed by atoms with Gasteiger partial charge in [-0.2, -0.15) is 11.8 Å². The van der Waals surface area contributed by atoms with Crippen molar-refractivity contribution >= 4 is 41.7 Å². The van der Waals surface area contributed by atoms with Crippen LogP contribution < -0.4 is 10.6 Å². The second-order valence-corrected chi connectivity index (χ2v) is 5.99. The van der Waals surface area contributed by atoms with Crippen LogP contribution in [0, 0.1) is 0 Å². The summed E-state index contributed by atoms with van der Waals surface area (Å²) in [5, 5.41) is 6.71. The molecule has 22 heavy (non-hydrogen) atoms. The van der Waals surface area contributed by atoms with Gasteiger partial charge in [0, 0.05) is 19.5 Å². The van der Waals surface area contributed by atoms with Gasteiger partial charge in [0.25, 0.3) is 0 Å². The molecule has 126 valence electrons. The highest BCUT2D eigenvalue weighted by Gasteiger charge is 2.00. The van der Waals surface area contributed by atoms with Crippen LogP contribution in [-0.2, 0) is 6.42 Å². The molecule has 1 aromatic heterocycles. The second-order valence-electron chi connectivity index (χ2n) is 5.00. The van der Waals surface area contributed by atoms with Crippen LogP contribution >= 0.6 is 35.7 Å². The predicted octanol–water partition coefficient (Wildman–Crippen LogP) is 3.69. The highest BCUT2D eigenvalue weighted by molar-refractivity contribution is 14.0. The summed E-state index contributed by atoms with van der Waals surface area (Å²) in [6, 6.07) is 3.90. The van der Waals surface area contributed by atoms with E-state index < -0.39 is 0 Å². The molecule has 2 N–H and O–H groups in total. The Morgan fingerprint density at radius 3 is 2.73 bits per heavy atom. The summed E-state index contributed by atoms with van der Waals surface area (Å²) < 4.78 is 5.32. The third-order valence-electron chi connectivity index (χ3n) is 2.82. The molecule has 0 amide bonds. The Morgan fingerprint density at radius 2 is 2.09 bits per heavy atom. The van der Waals surface area contributed by atoms with Crippen molar-refractivity contribution in [1.82, 2.24) is 10.6 Å². The average molecular weight is 437 g/mol. The lowest BCUT2D eigenvalue weighted by Gasteiger charge is -2.12. The number of nitrogens with zero attached hydrogens (tertiary/aromatic N) is 1. The summed E-state index contributed by atoms with van der Waals surface area (Å²) in [5.74, 6) is 3.06. The molecule has 0 spiro atoms. The minimum atomic E-state index is 0. The van der Waals surface area contributed by atoms with Crippen LogP contribution in [0.5, 0.6) is 0 Å². The van der Waals surface area contributed by atoms with E-state index in [9.17, 15) is 0 Å². The van der Waals surface area contributed by atoms with E-state index >= 15 is 0 Å². The third kappa shape index (κ3) is 11.0. The van der Waals surface area contributed by atoms with E-state index in [-0.39, 0.29) is 24.0 Å².